The van der Waals surface area contributed by atoms with E-state index in [9.17, 15) is 4.79 Å². The molecule has 10 heteroatoms. The second kappa shape index (κ2) is 9.62. The van der Waals surface area contributed by atoms with Gasteiger partial charge < -0.3 is 19.9 Å². The Bertz CT molecular complexity index is 1580. The van der Waals surface area contributed by atoms with Gasteiger partial charge in [-0.05, 0) is 30.2 Å². The van der Waals surface area contributed by atoms with Crippen LogP contribution in [0.2, 0.25) is 0 Å². The van der Waals surface area contributed by atoms with Crippen LogP contribution in [0.5, 0.6) is 0 Å². The highest BCUT2D eigenvalue weighted by molar-refractivity contribution is 5.96. The van der Waals surface area contributed by atoms with Crippen LogP contribution >= 0.6 is 0 Å². The number of fused-ring (bicyclic) bond motifs is 2. The van der Waals surface area contributed by atoms with Crippen LogP contribution < -0.4 is 10.2 Å². The molecule has 0 spiro atoms. The Morgan fingerprint density at radius 2 is 1.97 bits per heavy atom. The molecule has 1 saturated heterocycles. The minimum absolute atomic E-state index is 0.0269. The Morgan fingerprint density at radius 3 is 2.81 bits per heavy atom. The van der Waals surface area contributed by atoms with Gasteiger partial charge in [0, 0.05) is 43.0 Å². The molecule has 10 nitrogen and oxygen atoms in total. The number of ether oxygens (including phenoxy) is 1. The minimum atomic E-state index is -0.0269. The second-order valence-electron chi connectivity index (χ2n) is 9.66. The zero-order valence-corrected chi connectivity index (χ0v) is 20.8. The summed E-state index contributed by atoms with van der Waals surface area (Å²) in [5.41, 5.74) is 6.71. The molecular weight excluding hydrogens is 468 g/mol. The third kappa shape index (κ3) is 4.63. The maximum atomic E-state index is 12.2. The summed E-state index contributed by atoms with van der Waals surface area (Å²) in [6.07, 6.45) is 5.63. The van der Waals surface area contributed by atoms with Gasteiger partial charge in [0.05, 0.1) is 41.7 Å². The van der Waals surface area contributed by atoms with Crippen molar-refractivity contribution < 1.29 is 9.53 Å². The lowest BCUT2D eigenvalue weighted by Crippen LogP contribution is -2.36. The van der Waals surface area contributed by atoms with Crippen LogP contribution in [-0.2, 0) is 9.53 Å². The number of imidazole rings is 1. The van der Waals surface area contributed by atoms with Crippen molar-refractivity contribution >= 4 is 39.3 Å². The number of rotatable bonds is 6. The Labute approximate surface area is 213 Å². The van der Waals surface area contributed by atoms with Crippen LogP contribution in [0.3, 0.4) is 0 Å². The quantitative estimate of drug-likeness (QED) is 0.318. The van der Waals surface area contributed by atoms with Gasteiger partial charge in [-0.25, -0.2) is 9.97 Å². The summed E-state index contributed by atoms with van der Waals surface area (Å²) in [6, 6.07) is 10.1. The molecule has 5 aromatic rings. The SMILES string of the molecule is CC(C)CC(=O)Nc1cncc(-c2cnc3n[nH]c(-c4nc5c(N6CCOCC6)cccc5[nH]4)c3c2)c1. The van der Waals surface area contributed by atoms with Gasteiger partial charge in [-0.15, -0.1) is 0 Å². The molecule has 5 heterocycles. The van der Waals surface area contributed by atoms with Crippen LogP contribution in [0.15, 0.2) is 48.9 Å². The largest absolute Gasteiger partial charge is 0.378 e. The van der Waals surface area contributed by atoms with E-state index in [-0.39, 0.29) is 11.8 Å². The number of anilines is 2. The lowest BCUT2D eigenvalue weighted by Gasteiger charge is -2.28. The first kappa shape index (κ1) is 23.1. The van der Waals surface area contributed by atoms with Gasteiger partial charge in [-0.2, -0.15) is 5.10 Å². The third-order valence-corrected chi connectivity index (χ3v) is 6.44. The van der Waals surface area contributed by atoms with E-state index in [1.54, 1.807) is 18.6 Å². The summed E-state index contributed by atoms with van der Waals surface area (Å²) in [5, 5.41) is 11.3. The number of nitrogens with zero attached hydrogens (tertiary/aromatic N) is 5. The minimum Gasteiger partial charge on any atom is -0.378 e. The van der Waals surface area contributed by atoms with Gasteiger partial charge >= 0.3 is 0 Å². The number of morpholine rings is 1. The molecule has 0 radical (unpaired) electrons. The van der Waals surface area contributed by atoms with Crippen molar-refractivity contribution in [2.24, 2.45) is 5.92 Å². The zero-order chi connectivity index (χ0) is 25.4. The van der Waals surface area contributed by atoms with E-state index < -0.39 is 0 Å². The summed E-state index contributed by atoms with van der Waals surface area (Å²) < 4.78 is 5.52. The average Bonchev–Trinajstić information content (AvgIpc) is 3.52. The molecule has 0 saturated carbocycles. The second-order valence-corrected chi connectivity index (χ2v) is 9.66. The first-order valence-electron chi connectivity index (χ1n) is 12.5. The molecule has 6 rings (SSSR count). The molecule has 188 valence electrons. The lowest BCUT2D eigenvalue weighted by molar-refractivity contribution is -0.116. The Kier molecular flexibility index (Phi) is 6.01. The topological polar surface area (TPSA) is 125 Å². The molecule has 1 aromatic carbocycles. The van der Waals surface area contributed by atoms with Crippen LogP contribution in [0.4, 0.5) is 11.4 Å². The number of hydrogen-bond donors (Lipinski definition) is 3. The first-order valence-corrected chi connectivity index (χ1v) is 12.5. The number of amides is 1. The summed E-state index contributed by atoms with van der Waals surface area (Å²) in [6.45, 7) is 7.14. The zero-order valence-electron chi connectivity index (χ0n) is 20.8. The number of nitrogens with one attached hydrogen (secondary N) is 3. The van der Waals surface area contributed by atoms with Gasteiger partial charge in [0.1, 0.15) is 11.2 Å². The highest BCUT2D eigenvalue weighted by Gasteiger charge is 2.19. The van der Waals surface area contributed by atoms with Crippen molar-refractivity contribution in [3.05, 3.63) is 48.9 Å². The number of para-hydroxylation sites is 1. The normalized spacial score (nSPS) is 14.1. The Hall–Kier alpha value is -4.31. The van der Waals surface area contributed by atoms with E-state index in [0.29, 0.717) is 36.8 Å². The van der Waals surface area contributed by atoms with E-state index in [4.69, 9.17) is 9.72 Å². The molecule has 1 amide bonds. The fourth-order valence-corrected chi connectivity index (χ4v) is 4.68. The van der Waals surface area contributed by atoms with Gasteiger partial charge in [0.25, 0.3) is 0 Å². The lowest BCUT2D eigenvalue weighted by atomic mass is 10.1. The summed E-state index contributed by atoms with van der Waals surface area (Å²) in [4.78, 5) is 31.8. The fraction of sp³-hybridized carbons (Fsp3) is 0.296. The molecule has 0 aliphatic carbocycles. The number of aromatic amines is 2. The van der Waals surface area contributed by atoms with Crippen LogP contribution in [0, 0.1) is 5.92 Å². The number of pyridine rings is 2. The van der Waals surface area contributed by atoms with Crippen molar-refractivity contribution in [3.8, 4) is 22.6 Å². The molecule has 1 aliphatic heterocycles. The predicted octanol–water partition coefficient (Wildman–Crippen LogP) is 4.38. The Balaban J connectivity index is 1.35. The molecular formula is C27H28N8O2. The molecule has 1 aliphatic rings. The van der Waals surface area contributed by atoms with E-state index in [0.717, 1.165) is 52.0 Å². The van der Waals surface area contributed by atoms with Crippen molar-refractivity contribution in [2.45, 2.75) is 20.3 Å². The average molecular weight is 497 g/mol. The predicted molar refractivity (Wildman–Crippen MR) is 143 cm³/mol. The van der Waals surface area contributed by atoms with E-state index in [1.165, 1.54) is 0 Å². The highest BCUT2D eigenvalue weighted by Crippen LogP contribution is 2.32. The fourth-order valence-electron chi connectivity index (χ4n) is 4.68. The van der Waals surface area contributed by atoms with Crippen molar-refractivity contribution in [2.75, 3.05) is 36.5 Å². The molecule has 0 atom stereocenters. The van der Waals surface area contributed by atoms with E-state index in [1.807, 2.05) is 38.1 Å². The van der Waals surface area contributed by atoms with Crippen LogP contribution in [0.25, 0.3) is 44.7 Å². The highest BCUT2D eigenvalue weighted by atomic mass is 16.5. The number of hydrogen-bond acceptors (Lipinski definition) is 7. The number of benzene rings is 1. The third-order valence-electron chi connectivity index (χ3n) is 6.44. The van der Waals surface area contributed by atoms with Gasteiger partial charge in [0.2, 0.25) is 5.91 Å². The number of aromatic nitrogens is 6. The number of carbonyl (C=O) groups excluding carboxylic acids is 1. The molecule has 37 heavy (non-hydrogen) atoms. The monoisotopic (exact) mass is 496 g/mol. The number of carbonyl (C=O) groups is 1. The van der Waals surface area contributed by atoms with Crippen molar-refractivity contribution in [3.63, 3.8) is 0 Å². The standard InChI is InChI=1S/C27H28N8O2/c1-16(2)10-23(36)30-19-11-17(13-28-15-19)18-12-20-24(33-34-26(20)29-14-18)27-31-21-4-3-5-22(25(21)32-27)35-6-8-37-9-7-35/h3-5,11-16H,6-10H2,1-2H3,(H,30,36)(H,31,32)(H,29,33,34). The summed E-state index contributed by atoms with van der Waals surface area (Å²) >= 11 is 0. The Morgan fingerprint density at radius 1 is 1.14 bits per heavy atom. The molecule has 0 bridgehead atoms. The van der Waals surface area contributed by atoms with Gasteiger partial charge in [-0.3, -0.25) is 14.9 Å². The van der Waals surface area contributed by atoms with Crippen molar-refractivity contribution in [1.29, 1.82) is 0 Å². The summed E-state index contributed by atoms with van der Waals surface area (Å²) in [7, 11) is 0. The van der Waals surface area contributed by atoms with Crippen LogP contribution in [0.1, 0.15) is 20.3 Å². The molecule has 3 N–H and O–H groups in total. The number of H-pyrrole nitrogens is 2. The van der Waals surface area contributed by atoms with Gasteiger partial charge in [-0.1, -0.05) is 19.9 Å². The molecule has 0 unspecified atom stereocenters. The van der Waals surface area contributed by atoms with E-state index in [2.05, 4.69) is 41.4 Å². The van der Waals surface area contributed by atoms with E-state index >= 15 is 0 Å². The molecule has 1 fully saturated rings. The van der Waals surface area contributed by atoms with Crippen molar-refractivity contribution in [1.82, 2.24) is 30.1 Å². The maximum absolute atomic E-state index is 12.2. The molecule has 4 aromatic heterocycles. The van der Waals surface area contributed by atoms with Crippen LogP contribution in [-0.4, -0.2) is 62.3 Å². The first-order chi connectivity index (χ1) is 18.0. The smallest absolute Gasteiger partial charge is 0.224 e. The summed E-state index contributed by atoms with van der Waals surface area (Å²) in [5.74, 6) is 0.955. The van der Waals surface area contributed by atoms with Gasteiger partial charge in [0.15, 0.2) is 11.5 Å². The maximum Gasteiger partial charge on any atom is 0.224 e.